The highest BCUT2D eigenvalue weighted by Crippen LogP contribution is 2.23. The van der Waals surface area contributed by atoms with Crippen molar-refractivity contribution >= 4 is 5.69 Å². The molecular weight excluding hydrogens is 265 g/mol. The fourth-order valence-electron chi connectivity index (χ4n) is 1.96. The molecule has 0 unspecified atom stereocenters. The number of benzene rings is 1. The van der Waals surface area contributed by atoms with Crippen molar-refractivity contribution in [3.63, 3.8) is 0 Å². The molecule has 1 aromatic heterocycles. The molecule has 2 rings (SSSR count). The fourth-order valence-corrected chi connectivity index (χ4v) is 1.96. The first kappa shape index (κ1) is 13.9. The van der Waals surface area contributed by atoms with Crippen molar-refractivity contribution in [3.05, 3.63) is 50.4 Å². The van der Waals surface area contributed by atoms with E-state index in [2.05, 4.69) is 0 Å². The quantitative estimate of drug-likeness (QED) is 0.850. The monoisotopic (exact) mass is 279 g/mol. The zero-order valence-electron chi connectivity index (χ0n) is 11.3. The largest absolute Gasteiger partial charge is 0.492 e. The van der Waals surface area contributed by atoms with E-state index in [-0.39, 0.29) is 5.69 Å². The standard InChI is InChI=1S/C13H14FN3O3/c1-7-4-5-8(6-9(7)16(2)3)17-12(19)10(14)11(18)15-13(17)20/h4-6,19H,1-3H3,(H,15,18,20). The normalized spacial score (nSPS) is 10.6. The number of aromatic hydroxyl groups is 1. The first-order valence-electron chi connectivity index (χ1n) is 5.85. The van der Waals surface area contributed by atoms with E-state index in [0.717, 1.165) is 11.3 Å². The summed E-state index contributed by atoms with van der Waals surface area (Å²) in [7, 11) is 3.64. The Kier molecular flexibility index (Phi) is 3.35. The number of aromatic nitrogens is 2. The fraction of sp³-hybridized carbons (Fsp3) is 0.231. The second-order valence-corrected chi connectivity index (χ2v) is 4.60. The van der Waals surface area contributed by atoms with Crippen molar-refractivity contribution in [2.45, 2.75) is 6.92 Å². The highest BCUT2D eigenvalue weighted by Gasteiger charge is 2.16. The molecule has 0 saturated carbocycles. The third-order valence-corrected chi connectivity index (χ3v) is 2.96. The average Bonchev–Trinajstić information content (AvgIpc) is 2.37. The van der Waals surface area contributed by atoms with Crippen molar-refractivity contribution in [2.24, 2.45) is 0 Å². The smallest absolute Gasteiger partial charge is 0.335 e. The number of hydrogen-bond acceptors (Lipinski definition) is 4. The van der Waals surface area contributed by atoms with Crippen LogP contribution in [0.5, 0.6) is 5.88 Å². The van der Waals surface area contributed by atoms with Crippen molar-refractivity contribution in [1.29, 1.82) is 0 Å². The Morgan fingerprint density at radius 1 is 1.30 bits per heavy atom. The van der Waals surface area contributed by atoms with Gasteiger partial charge in [0.15, 0.2) is 0 Å². The number of aromatic amines is 1. The lowest BCUT2D eigenvalue weighted by molar-refractivity contribution is 0.386. The second-order valence-electron chi connectivity index (χ2n) is 4.60. The molecule has 0 saturated heterocycles. The maximum atomic E-state index is 13.4. The van der Waals surface area contributed by atoms with E-state index in [1.54, 1.807) is 18.2 Å². The molecule has 0 bridgehead atoms. The van der Waals surface area contributed by atoms with Gasteiger partial charge in [-0.2, -0.15) is 4.39 Å². The van der Waals surface area contributed by atoms with Crippen LogP contribution in [0.2, 0.25) is 0 Å². The molecular formula is C13H14FN3O3. The summed E-state index contributed by atoms with van der Waals surface area (Å²) in [6.07, 6.45) is 0. The van der Waals surface area contributed by atoms with E-state index in [9.17, 15) is 19.1 Å². The van der Waals surface area contributed by atoms with Gasteiger partial charge in [-0.1, -0.05) is 6.07 Å². The van der Waals surface area contributed by atoms with Crippen LogP contribution in [0, 0.1) is 12.7 Å². The molecule has 0 radical (unpaired) electrons. The van der Waals surface area contributed by atoms with Crippen molar-refractivity contribution in [2.75, 3.05) is 19.0 Å². The van der Waals surface area contributed by atoms with Gasteiger partial charge >= 0.3 is 5.69 Å². The van der Waals surface area contributed by atoms with Crippen LogP contribution in [-0.4, -0.2) is 28.8 Å². The number of halogens is 1. The number of aryl methyl sites for hydroxylation is 1. The number of rotatable bonds is 2. The predicted octanol–water partition coefficient (Wildman–Crippen LogP) is 0.745. The number of nitrogens with one attached hydrogen (secondary N) is 1. The Labute approximate surface area is 113 Å². The molecule has 2 aromatic rings. The molecule has 1 aromatic carbocycles. The molecule has 7 heteroatoms. The minimum Gasteiger partial charge on any atom is -0.492 e. The van der Waals surface area contributed by atoms with E-state index < -0.39 is 22.9 Å². The van der Waals surface area contributed by atoms with E-state index in [4.69, 9.17) is 0 Å². The Morgan fingerprint density at radius 2 is 1.95 bits per heavy atom. The second kappa shape index (κ2) is 4.84. The van der Waals surface area contributed by atoms with Gasteiger partial charge in [0.1, 0.15) is 0 Å². The minimum atomic E-state index is -1.39. The topological polar surface area (TPSA) is 78.3 Å². The molecule has 0 spiro atoms. The minimum absolute atomic E-state index is 0.261. The lowest BCUT2D eigenvalue weighted by Gasteiger charge is -2.17. The zero-order valence-corrected chi connectivity index (χ0v) is 11.3. The summed E-state index contributed by atoms with van der Waals surface area (Å²) in [5, 5.41) is 9.67. The van der Waals surface area contributed by atoms with Crippen LogP contribution in [0.25, 0.3) is 5.69 Å². The zero-order chi connectivity index (χ0) is 15.0. The highest BCUT2D eigenvalue weighted by atomic mass is 19.1. The average molecular weight is 279 g/mol. The van der Waals surface area contributed by atoms with Gasteiger partial charge in [0, 0.05) is 19.8 Å². The van der Waals surface area contributed by atoms with Gasteiger partial charge in [-0.3, -0.25) is 9.78 Å². The van der Waals surface area contributed by atoms with E-state index >= 15 is 0 Å². The van der Waals surface area contributed by atoms with Crippen LogP contribution in [0.1, 0.15) is 5.56 Å². The molecule has 0 amide bonds. The van der Waals surface area contributed by atoms with Crippen LogP contribution >= 0.6 is 0 Å². The van der Waals surface area contributed by atoms with Crippen LogP contribution in [-0.2, 0) is 0 Å². The molecule has 2 N–H and O–H groups in total. The van der Waals surface area contributed by atoms with Crippen molar-refractivity contribution in [1.82, 2.24) is 9.55 Å². The van der Waals surface area contributed by atoms with Gasteiger partial charge in [0.05, 0.1) is 5.69 Å². The highest BCUT2D eigenvalue weighted by molar-refractivity contribution is 5.58. The summed E-state index contributed by atoms with van der Waals surface area (Å²) in [6, 6.07) is 4.91. The molecule has 6 nitrogen and oxygen atoms in total. The van der Waals surface area contributed by atoms with Gasteiger partial charge in [-0.25, -0.2) is 9.36 Å². The lowest BCUT2D eigenvalue weighted by Crippen LogP contribution is -2.31. The molecule has 0 aliphatic rings. The molecule has 1 heterocycles. The summed E-state index contributed by atoms with van der Waals surface area (Å²) < 4.78 is 14.1. The first-order valence-corrected chi connectivity index (χ1v) is 5.85. The Hall–Kier alpha value is -2.57. The van der Waals surface area contributed by atoms with Crippen molar-refractivity contribution < 1.29 is 9.50 Å². The predicted molar refractivity (Wildman–Crippen MR) is 73.3 cm³/mol. The summed E-state index contributed by atoms with van der Waals surface area (Å²) in [5.74, 6) is -2.40. The number of hydrogen-bond donors (Lipinski definition) is 2. The lowest BCUT2D eigenvalue weighted by atomic mass is 10.1. The molecule has 20 heavy (non-hydrogen) atoms. The van der Waals surface area contributed by atoms with Crippen LogP contribution in [0.15, 0.2) is 27.8 Å². The maximum absolute atomic E-state index is 13.4. The van der Waals surface area contributed by atoms with Crippen LogP contribution < -0.4 is 16.1 Å². The van der Waals surface area contributed by atoms with Crippen molar-refractivity contribution in [3.8, 4) is 11.6 Å². The maximum Gasteiger partial charge on any atom is 0.335 e. The molecule has 0 aliphatic carbocycles. The Bertz CT molecular complexity index is 777. The molecule has 0 aliphatic heterocycles. The summed E-state index contributed by atoms with van der Waals surface area (Å²) in [6.45, 7) is 1.88. The first-order chi connectivity index (χ1) is 9.32. The summed E-state index contributed by atoms with van der Waals surface area (Å²) in [5.41, 5.74) is -0.125. The Morgan fingerprint density at radius 3 is 2.55 bits per heavy atom. The third kappa shape index (κ3) is 2.18. The molecule has 106 valence electrons. The third-order valence-electron chi connectivity index (χ3n) is 2.96. The van der Waals surface area contributed by atoms with Crippen LogP contribution in [0.4, 0.5) is 10.1 Å². The Balaban J connectivity index is 2.76. The number of H-pyrrole nitrogens is 1. The van der Waals surface area contributed by atoms with Gasteiger partial charge in [-0.15, -0.1) is 0 Å². The molecule has 0 atom stereocenters. The van der Waals surface area contributed by atoms with Gasteiger partial charge in [-0.05, 0) is 24.6 Å². The number of nitrogens with zero attached hydrogens (tertiary/aromatic N) is 2. The van der Waals surface area contributed by atoms with Gasteiger partial charge in [0.2, 0.25) is 11.7 Å². The van der Waals surface area contributed by atoms with Gasteiger partial charge < -0.3 is 10.0 Å². The molecule has 0 fully saturated rings. The number of anilines is 1. The van der Waals surface area contributed by atoms with E-state index in [1.165, 1.54) is 0 Å². The van der Waals surface area contributed by atoms with E-state index in [1.807, 2.05) is 30.9 Å². The van der Waals surface area contributed by atoms with Gasteiger partial charge in [0.25, 0.3) is 5.56 Å². The summed E-state index contributed by atoms with van der Waals surface area (Å²) in [4.78, 5) is 26.4. The SMILES string of the molecule is Cc1ccc(-n2c(O)c(F)c(=O)[nH]c2=O)cc1N(C)C. The van der Waals surface area contributed by atoms with E-state index in [0.29, 0.717) is 4.57 Å². The summed E-state index contributed by atoms with van der Waals surface area (Å²) >= 11 is 0. The van der Waals surface area contributed by atoms with Crippen LogP contribution in [0.3, 0.4) is 0 Å².